The zero-order valence-electron chi connectivity index (χ0n) is 17.9. The number of fused-ring (bicyclic) bond motifs is 1. The van der Waals surface area contributed by atoms with Crippen LogP contribution in [0.1, 0.15) is 36.3 Å². The number of likely N-dealkylation sites (tertiary alicyclic amines) is 2. The highest BCUT2D eigenvalue weighted by Crippen LogP contribution is 2.38. The SMILES string of the molecule is Nc1ccc2nc(C(=O)NC3CCN(CCN4CCC5(CC4)COC5)CC3)ncc2n1. The van der Waals surface area contributed by atoms with Crippen molar-refractivity contribution < 1.29 is 9.53 Å². The average molecular weight is 426 g/mol. The van der Waals surface area contributed by atoms with Gasteiger partial charge >= 0.3 is 0 Å². The van der Waals surface area contributed by atoms with Crippen LogP contribution in [0.5, 0.6) is 0 Å². The molecule has 1 amide bonds. The molecule has 3 aliphatic heterocycles. The Hall–Kier alpha value is -2.36. The van der Waals surface area contributed by atoms with Crippen LogP contribution in [0.4, 0.5) is 5.82 Å². The molecule has 0 aliphatic carbocycles. The lowest BCUT2D eigenvalue weighted by molar-refractivity contribution is -0.139. The third-order valence-electron chi connectivity index (χ3n) is 7.05. The average Bonchev–Trinajstić information content (AvgIpc) is 2.77. The monoisotopic (exact) mass is 425 g/mol. The number of anilines is 1. The summed E-state index contributed by atoms with van der Waals surface area (Å²) in [7, 11) is 0. The number of aromatic nitrogens is 3. The van der Waals surface area contributed by atoms with Crippen molar-refractivity contribution in [1.82, 2.24) is 30.1 Å². The smallest absolute Gasteiger partial charge is 0.289 e. The Bertz CT molecular complexity index is 931. The summed E-state index contributed by atoms with van der Waals surface area (Å²) < 4.78 is 5.42. The van der Waals surface area contributed by atoms with Gasteiger partial charge in [0.05, 0.1) is 24.9 Å². The summed E-state index contributed by atoms with van der Waals surface area (Å²) in [5.41, 5.74) is 7.40. The number of hydrogen-bond donors (Lipinski definition) is 2. The molecule has 5 heterocycles. The van der Waals surface area contributed by atoms with E-state index in [0.717, 1.165) is 52.2 Å². The summed E-state index contributed by atoms with van der Waals surface area (Å²) in [5.74, 6) is 0.373. The number of nitrogen functional groups attached to an aromatic ring is 1. The van der Waals surface area contributed by atoms with Crippen LogP contribution in [0, 0.1) is 5.41 Å². The number of nitrogens with one attached hydrogen (secondary N) is 1. The number of carbonyl (C=O) groups is 1. The van der Waals surface area contributed by atoms with E-state index >= 15 is 0 Å². The minimum atomic E-state index is -0.223. The number of hydrogen-bond acceptors (Lipinski definition) is 8. The van der Waals surface area contributed by atoms with E-state index in [2.05, 4.69) is 30.1 Å². The molecule has 9 nitrogen and oxygen atoms in total. The van der Waals surface area contributed by atoms with Crippen LogP contribution in [0.3, 0.4) is 0 Å². The first-order chi connectivity index (χ1) is 15.1. The molecule has 3 aliphatic rings. The third-order valence-corrected chi connectivity index (χ3v) is 7.05. The molecule has 5 rings (SSSR count). The minimum Gasteiger partial charge on any atom is -0.384 e. The number of nitrogens with zero attached hydrogens (tertiary/aromatic N) is 5. The molecule has 2 aromatic heterocycles. The van der Waals surface area contributed by atoms with Crippen molar-refractivity contribution >= 4 is 22.8 Å². The number of carbonyl (C=O) groups excluding carboxylic acids is 1. The van der Waals surface area contributed by atoms with Crippen LogP contribution in [0.2, 0.25) is 0 Å². The molecule has 3 saturated heterocycles. The number of pyridine rings is 1. The number of rotatable bonds is 5. The summed E-state index contributed by atoms with van der Waals surface area (Å²) in [6.45, 7) is 8.60. The molecule has 1 spiro atoms. The molecular weight excluding hydrogens is 394 g/mol. The van der Waals surface area contributed by atoms with Crippen molar-refractivity contribution in [2.24, 2.45) is 5.41 Å². The van der Waals surface area contributed by atoms with Gasteiger partial charge in [-0.2, -0.15) is 0 Å². The fraction of sp³-hybridized carbons (Fsp3) is 0.636. The van der Waals surface area contributed by atoms with Gasteiger partial charge in [-0.25, -0.2) is 15.0 Å². The highest BCUT2D eigenvalue weighted by molar-refractivity contribution is 5.92. The number of ether oxygens (including phenoxy) is 1. The van der Waals surface area contributed by atoms with E-state index in [1.54, 1.807) is 18.3 Å². The maximum Gasteiger partial charge on any atom is 0.289 e. The van der Waals surface area contributed by atoms with Gasteiger partial charge in [0, 0.05) is 37.6 Å². The molecule has 0 saturated carbocycles. The van der Waals surface area contributed by atoms with Crippen molar-refractivity contribution in [2.75, 3.05) is 58.2 Å². The zero-order chi connectivity index (χ0) is 21.3. The fourth-order valence-corrected chi connectivity index (χ4v) is 4.81. The molecule has 31 heavy (non-hydrogen) atoms. The Morgan fingerprint density at radius 3 is 2.45 bits per heavy atom. The van der Waals surface area contributed by atoms with Crippen LogP contribution < -0.4 is 11.1 Å². The van der Waals surface area contributed by atoms with Crippen molar-refractivity contribution in [1.29, 1.82) is 0 Å². The van der Waals surface area contributed by atoms with Gasteiger partial charge in [0.2, 0.25) is 5.82 Å². The summed E-state index contributed by atoms with van der Waals surface area (Å²) in [6.07, 6.45) is 6.02. The Morgan fingerprint density at radius 1 is 1.06 bits per heavy atom. The second kappa shape index (κ2) is 8.64. The highest BCUT2D eigenvalue weighted by atomic mass is 16.5. The van der Waals surface area contributed by atoms with Gasteiger partial charge in [-0.15, -0.1) is 0 Å². The molecule has 0 aromatic carbocycles. The first-order valence-corrected chi connectivity index (χ1v) is 11.3. The highest BCUT2D eigenvalue weighted by Gasteiger charge is 2.41. The van der Waals surface area contributed by atoms with Gasteiger partial charge < -0.3 is 25.6 Å². The molecule has 3 fully saturated rings. The lowest BCUT2D eigenvalue weighted by atomic mass is 9.77. The molecule has 0 radical (unpaired) electrons. The van der Waals surface area contributed by atoms with Gasteiger partial charge in [0.1, 0.15) is 11.3 Å². The molecule has 9 heteroatoms. The van der Waals surface area contributed by atoms with Crippen molar-refractivity contribution in [2.45, 2.75) is 31.7 Å². The maximum absolute atomic E-state index is 12.6. The molecule has 0 atom stereocenters. The van der Waals surface area contributed by atoms with Gasteiger partial charge in [0.25, 0.3) is 5.91 Å². The Kier molecular flexibility index (Phi) is 5.73. The molecule has 0 bridgehead atoms. The van der Waals surface area contributed by atoms with Crippen LogP contribution in [0.15, 0.2) is 18.3 Å². The van der Waals surface area contributed by atoms with E-state index in [4.69, 9.17) is 10.5 Å². The van der Waals surface area contributed by atoms with E-state index in [1.807, 2.05) is 0 Å². The number of amides is 1. The Balaban J connectivity index is 1.05. The van der Waals surface area contributed by atoms with Gasteiger partial charge in [-0.3, -0.25) is 4.79 Å². The van der Waals surface area contributed by atoms with E-state index in [9.17, 15) is 4.79 Å². The van der Waals surface area contributed by atoms with E-state index < -0.39 is 0 Å². The first kappa shape index (κ1) is 20.5. The summed E-state index contributed by atoms with van der Waals surface area (Å²) in [5, 5.41) is 3.10. The minimum absolute atomic E-state index is 0.168. The molecule has 2 aromatic rings. The van der Waals surface area contributed by atoms with Gasteiger partial charge in [0.15, 0.2) is 0 Å². The van der Waals surface area contributed by atoms with Crippen LogP contribution in [0.25, 0.3) is 11.0 Å². The van der Waals surface area contributed by atoms with E-state index in [1.165, 1.54) is 25.9 Å². The van der Waals surface area contributed by atoms with Crippen LogP contribution >= 0.6 is 0 Å². The normalized spacial score (nSPS) is 22.5. The first-order valence-electron chi connectivity index (χ1n) is 11.3. The summed E-state index contributed by atoms with van der Waals surface area (Å²) in [6, 6.07) is 3.61. The van der Waals surface area contributed by atoms with E-state index in [-0.39, 0.29) is 17.8 Å². The van der Waals surface area contributed by atoms with Crippen LogP contribution in [-0.4, -0.2) is 89.2 Å². The second-order valence-corrected chi connectivity index (χ2v) is 9.26. The summed E-state index contributed by atoms with van der Waals surface area (Å²) >= 11 is 0. The maximum atomic E-state index is 12.6. The topological polar surface area (TPSA) is 109 Å². The third kappa shape index (κ3) is 4.63. The van der Waals surface area contributed by atoms with Gasteiger partial charge in [-0.05, 0) is 50.9 Å². The standard InChI is InChI=1S/C22H31N7O2/c23-19-2-1-17-18(26-19)13-24-20(27-17)21(30)25-16-3-7-28(8-4-16)11-12-29-9-5-22(6-10-29)14-31-15-22/h1-2,13,16H,3-12,14-15H2,(H2,23,26)(H,25,30). The number of nitrogens with two attached hydrogens (primary N) is 1. The quantitative estimate of drug-likeness (QED) is 0.728. The lowest BCUT2D eigenvalue weighted by Crippen LogP contribution is -2.52. The fourth-order valence-electron chi connectivity index (χ4n) is 4.81. The molecule has 3 N–H and O–H groups in total. The largest absolute Gasteiger partial charge is 0.384 e. The molecular formula is C22H31N7O2. The lowest BCUT2D eigenvalue weighted by Gasteiger charge is -2.47. The van der Waals surface area contributed by atoms with Gasteiger partial charge in [-0.1, -0.05) is 0 Å². The number of piperidine rings is 2. The zero-order valence-corrected chi connectivity index (χ0v) is 17.9. The van der Waals surface area contributed by atoms with Crippen LogP contribution in [-0.2, 0) is 4.74 Å². The predicted octanol–water partition coefficient (Wildman–Crippen LogP) is 0.914. The van der Waals surface area contributed by atoms with E-state index in [0.29, 0.717) is 22.3 Å². The Morgan fingerprint density at radius 2 is 1.77 bits per heavy atom. The molecule has 0 unspecified atom stereocenters. The summed E-state index contributed by atoms with van der Waals surface area (Å²) in [4.78, 5) is 30.4. The molecule has 166 valence electrons. The Labute approximate surface area is 182 Å². The van der Waals surface area contributed by atoms with Crippen molar-refractivity contribution in [3.05, 3.63) is 24.2 Å². The second-order valence-electron chi connectivity index (χ2n) is 9.26. The predicted molar refractivity (Wildman–Crippen MR) is 118 cm³/mol. The van der Waals surface area contributed by atoms with Crippen molar-refractivity contribution in [3.63, 3.8) is 0 Å². The van der Waals surface area contributed by atoms with Crippen molar-refractivity contribution in [3.8, 4) is 0 Å².